The highest BCUT2D eigenvalue weighted by Gasteiger charge is 2.20. The van der Waals surface area contributed by atoms with Crippen molar-refractivity contribution < 1.29 is 14.3 Å². The summed E-state index contributed by atoms with van der Waals surface area (Å²) in [6, 6.07) is 8.09. The molecule has 1 N–H and O–H groups in total. The molecule has 0 saturated heterocycles. The van der Waals surface area contributed by atoms with E-state index in [2.05, 4.69) is 31.3 Å². The molecular formula is C20H23NO3S. The molecule has 0 saturated carbocycles. The number of rotatable bonds is 5. The molecule has 2 rings (SSSR count). The fourth-order valence-electron chi connectivity index (χ4n) is 2.38. The molecule has 0 fully saturated rings. The molecule has 4 nitrogen and oxygen atoms in total. The fraction of sp³-hybridized carbons (Fsp3) is 0.300. The van der Waals surface area contributed by atoms with Crippen molar-refractivity contribution in [3.63, 3.8) is 0 Å². The maximum absolute atomic E-state index is 12.2. The van der Waals surface area contributed by atoms with E-state index in [1.54, 1.807) is 6.08 Å². The average molecular weight is 357 g/mol. The number of hydrogen-bond donors (Lipinski definition) is 1. The van der Waals surface area contributed by atoms with Gasteiger partial charge in [0.2, 0.25) is 5.91 Å². The Kier molecular flexibility index (Phi) is 6.15. The summed E-state index contributed by atoms with van der Waals surface area (Å²) >= 11 is 1.37. The first-order chi connectivity index (χ1) is 11.8. The summed E-state index contributed by atoms with van der Waals surface area (Å²) in [6.07, 6.45) is 3.22. The van der Waals surface area contributed by atoms with Gasteiger partial charge in [0.15, 0.2) is 0 Å². The minimum atomic E-state index is -0.439. The molecule has 0 aliphatic carbocycles. The topological polar surface area (TPSA) is 55.4 Å². The summed E-state index contributed by atoms with van der Waals surface area (Å²) in [6.45, 7) is 8.04. The van der Waals surface area contributed by atoms with Gasteiger partial charge in [-0.1, -0.05) is 38.1 Å². The largest absolute Gasteiger partial charge is 0.465 e. The van der Waals surface area contributed by atoms with E-state index in [-0.39, 0.29) is 5.91 Å². The molecule has 25 heavy (non-hydrogen) atoms. The quantitative estimate of drug-likeness (QED) is 0.610. The minimum Gasteiger partial charge on any atom is -0.465 e. The molecule has 132 valence electrons. The Hall–Kier alpha value is -2.40. The van der Waals surface area contributed by atoms with E-state index in [0.29, 0.717) is 16.5 Å². The van der Waals surface area contributed by atoms with Crippen LogP contribution in [-0.4, -0.2) is 19.0 Å². The second kappa shape index (κ2) is 8.12. The lowest BCUT2D eigenvalue weighted by Gasteiger charge is -2.05. The number of nitrogens with one attached hydrogen (secondary N) is 1. The number of ether oxygens (including phenoxy) is 1. The Labute approximate surface area is 152 Å². The minimum absolute atomic E-state index is 0.278. The normalized spacial score (nSPS) is 11.1. The fourth-order valence-corrected chi connectivity index (χ4v) is 3.43. The van der Waals surface area contributed by atoms with Crippen molar-refractivity contribution >= 4 is 34.3 Å². The van der Waals surface area contributed by atoms with Crippen molar-refractivity contribution in [3.8, 4) is 0 Å². The lowest BCUT2D eigenvalue weighted by molar-refractivity contribution is -0.111. The Morgan fingerprint density at radius 3 is 2.36 bits per heavy atom. The molecule has 1 amide bonds. The SMILES string of the molecule is COC(=O)c1c(NC(=O)/C=C\c2ccc(C(C)C)cc2)sc(C)c1C. The summed E-state index contributed by atoms with van der Waals surface area (Å²) in [5.41, 5.74) is 3.47. The zero-order chi connectivity index (χ0) is 18.6. The molecule has 5 heteroatoms. The van der Waals surface area contributed by atoms with Crippen molar-refractivity contribution in [1.29, 1.82) is 0 Å². The number of carbonyl (C=O) groups is 2. The van der Waals surface area contributed by atoms with Crippen LogP contribution < -0.4 is 5.32 Å². The van der Waals surface area contributed by atoms with Crippen molar-refractivity contribution in [3.05, 3.63) is 57.5 Å². The number of methoxy groups -OCH3 is 1. The summed E-state index contributed by atoms with van der Waals surface area (Å²) in [5, 5.41) is 3.30. The first-order valence-electron chi connectivity index (χ1n) is 8.10. The van der Waals surface area contributed by atoms with E-state index >= 15 is 0 Å². The van der Waals surface area contributed by atoms with Crippen LogP contribution in [-0.2, 0) is 9.53 Å². The van der Waals surface area contributed by atoms with Gasteiger partial charge < -0.3 is 10.1 Å². The average Bonchev–Trinajstić information content (AvgIpc) is 2.86. The molecule has 0 spiro atoms. The van der Waals surface area contributed by atoms with Crippen LogP contribution in [0.15, 0.2) is 30.3 Å². The lowest BCUT2D eigenvalue weighted by Crippen LogP contribution is -2.11. The van der Waals surface area contributed by atoms with E-state index in [1.165, 1.54) is 30.1 Å². The van der Waals surface area contributed by atoms with Crippen LogP contribution in [0.1, 0.15) is 51.7 Å². The monoisotopic (exact) mass is 357 g/mol. The summed E-state index contributed by atoms with van der Waals surface area (Å²) in [5.74, 6) is -0.242. The zero-order valence-corrected chi connectivity index (χ0v) is 16.0. The van der Waals surface area contributed by atoms with Crippen LogP contribution in [0.3, 0.4) is 0 Å². The number of benzene rings is 1. The standard InChI is InChI=1S/C20H23NO3S/c1-12(2)16-9-6-15(7-10-16)8-11-17(22)21-19-18(20(23)24-5)13(3)14(4)25-19/h6-12H,1-5H3,(H,21,22)/b11-8-. The second-order valence-corrected chi connectivity index (χ2v) is 7.35. The van der Waals surface area contributed by atoms with Gasteiger partial charge in [-0.15, -0.1) is 11.3 Å². The number of thiophene rings is 1. The first-order valence-corrected chi connectivity index (χ1v) is 8.92. The summed E-state index contributed by atoms with van der Waals surface area (Å²) in [7, 11) is 1.33. The number of hydrogen-bond acceptors (Lipinski definition) is 4. The first kappa shape index (κ1) is 18.9. The molecule has 0 aliphatic heterocycles. The Morgan fingerprint density at radius 1 is 1.16 bits per heavy atom. The highest BCUT2D eigenvalue weighted by molar-refractivity contribution is 7.16. The van der Waals surface area contributed by atoms with E-state index in [9.17, 15) is 9.59 Å². The van der Waals surface area contributed by atoms with E-state index < -0.39 is 5.97 Å². The highest BCUT2D eigenvalue weighted by atomic mass is 32.1. The molecule has 1 heterocycles. The van der Waals surface area contributed by atoms with Gasteiger partial charge in [0.05, 0.1) is 12.7 Å². The molecular weight excluding hydrogens is 334 g/mol. The van der Waals surface area contributed by atoms with Crippen LogP contribution in [0.2, 0.25) is 0 Å². The zero-order valence-electron chi connectivity index (χ0n) is 15.2. The number of esters is 1. The molecule has 1 aromatic heterocycles. The predicted molar refractivity (Wildman–Crippen MR) is 103 cm³/mol. The predicted octanol–water partition coefficient (Wildman–Crippen LogP) is 4.93. The van der Waals surface area contributed by atoms with Crippen LogP contribution >= 0.6 is 11.3 Å². The Balaban J connectivity index is 2.12. The van der Waals surface area contributed by atoms with Gasteiger partial charge in [-0.05, 0) is 42.5 Å². The van der Waals surface area contributed by atoms with Gasteiger partial charge in [0.25, 0.3) is 0 Å². The van der Waals surface area contributed by atoms with Crippen molar-refractivity contribution in [2.24, 2.45) is 0 Å². The number of aryl methyl sites for hydroxylation is 1. The van der Waals surface area contributed by atoms with Crippen LogP contribution in [0.25, 0.3) is 6.08 Å². The molecule has 0 aliphatic rings. The van der Waals surface area contributed by atoms with Crippen LogP contribution in [0, 0.1) is 13.8 Å². The van der Waals surface area contributed by atoms with Crippen LogP contribution in [0.4, 0.5) is 5.00 Å². The molecule has 0 unspecified atom stereocenters. The summed E-state index contributed by atoms with van der Waals surface area (Å²) in [4.78, 5) is 25.1. The van der Waals surface area contributed by atoms with E-state index in [1.807, 2.05) is 26.0 Å². The Morgan fingerprint density at radius 2 is 1.80 bits per heavy atom. The van der Waals surface area contributed by atoms with E-state index in [4.69, 9.17) is 4.74 Å². The summed E-state index contributed by atoms with van der Waals surface area (Å²) < 4.78 is 4.81. The van der Waals surface area contributed by atoms with Crippen molar-refractivity contribution in [2.75, 3.05) is 12.4 Å². The molecule has 0 radical (unpaired) electrons. The van der Waals surface area contributed by atoms with Crippen molar-refractivity contribution in [2.45, 2.75) is 33.6 Å². The van der Waals surface area contributed by atoms with E-state index in [0.717, 1.165) is 16.0 Å². The number of carbonyl (C=O) groups excluding carboxylic acids is 2. The van der Waals surface area contributed by atoms with Gasteiger partial charge in [-0.2, -0.15) is 0 Å². The van der Waals surface area contributed by atoms with Gasteiger partial charge in [-0.25, -0.2) is 4.79 Å². The highest BCUT2D eigenvalue weighted by Crippen LogP contribution is 2.32. The second-order valence-electron chi connectivity index (χ2n) is 6.12. The third kappa shape index (κ3) is 4.57. The smallest absolute Gasteiger partial charge is 0.341 e. The van der Waals surface area contributed by atoms with Gasteiger partial charge in [0.1, 0.15) is 5.00 Å². The number of anilines is 1. The van der Waals surface area contributed by atoms with Crippen LogP contribution in [0.5, 0.6) is 0 Å². The molecule has 2 aromatic rings. The molecule has 0 atom stereocenters. The third-order valence-corrected chi connectivity index (χ3v) is 5.16. The van der Waals surface area contributed by atoms with Crippen molar-refractivity contribution in [1.82, 2.24) is 0 Å². The van der Waals surface area contributed by atoms with Gasteiger partial charge >= 0.3 is 5.97 Å². The third-order valence-electron chi connectivity index (χ3n) is 4.04. The lowest BCUT2D eigenvalue weighted by atomic mass is 10.0. The maximum Gasteiger partial charge on any atom is 0.341 e. The Bertz CT molecular complexity index is 801. The van der Waals surface area contributed by atoms with Gasteiger partial charge in [-0.3, -0.25) is 4.79 Å². The number of amides is 1. The molecule has 0 bridgehead atoms. The van der Waals surface area contributed by atoms with Gasteiger partial charge in [0, 0.05) is 11.0 Å². The molecule has 1 aromatic carbocycles. The maximum atomic E-state index is 12.2.